The van der Waals surface area contributed by atoms with Gasteiger partial charge in [0.25, 0.3) is 0 Å². The molecule has 1 aromatic carbocycles. The summed E-state index contributed by atoms with van der Waals surface area (Å²) in [4.78, 5) is 12.8. The van der Waals surface area contributed by atoms with Crippen LogP contribution < -0.4 is 5.32 Å². The van der Waals surface area contributed by atoms with Gasteiger partial charge in [-0.2, -0.15) is 0 Å². The van der Waals surface area contributed by atoms with Crippen LogP contribution in [0.3, 0.4) is 0 Å². The van der Waals surface area contributed by atoms with Crippen molar-refractivity contribution in [3.63, 3.8) is 0 Å². The Morgan fingerprint density at radius 1 is 1.32 bits per heavy atom. The van der Waals surface area contributed by atoms with Gasteiger partial charge in [-0.25, -0.2) is 14.4 Å². The minimum absolute atomic E-state index is 0. The van der Waals surface area contributed by atoms with Crippen molar-refractivity contribution in [1.82, 2.24) is 15.2 Å². The topological polar surface area (TPSA) is 49.8 Å². The molecule has 2 heterocycles. The van der Waals surface area contributed by atoms with Crippen LogP contribution in [-0.4, -0.2) is 41.6 Å². The molecule has 5 nitrogen and oxygen atoms in total. The summed E-state index contributed by atoms with van der Waals surface area (Å²) >= 11 is 1.71. The number of thiazole rings is 1. The van der Waals surface area contributed by atoms with Gasteiger partial charge >= 0.3 is 0 Å². The van der Waals surface area contributed by atoms with Gasteiger partial charge in [-0.05, 0) is 38.0 Å². The molecule has 1 fully saturated rings. The predicted molar refractivity (Wildman–Crippen MR) is 123 cm³/mol. The zero-order valence-corrected chi connectivity index (χ0v) is 19.7. The lowest BCUT2D eigenvalue weighted by Crippen LogP contribution is -2.50. The predicted octanol–water partition coefficient (Wildman–Crippen LogP) is 4.39. The third-order valence-electron chi connectivity index (χ3n) is 4.45. The van der Waals surface area contributed by atoms with Crippen molar-refractivity contribution in [3.05, 3.63) is 51.7 Å². The van der Waals surface area contributed by atoms with Crippen LogP contribution in [0.1, 0.15) is 42.3 Å². The van der Waals surface area contributed by atoms with Gasteiger partial charge in [0.1, 0.15) is 16.9 Å². The number of benzene rings is 1. The van der Waals surface area contributed by atoms with Gasteiger partial charge < -0.3 is 15.0 Å². The maximum absolute atomic E-state index is 13.2. The lowest BCUT2D eigenvalue weighted by Gasteiger charge is -2.38. The van der Waals surface area contributed by atoms with E-state index in [1.165, 1.54) is 17.0 Å². The van der Waals surface area contributed by atoms with Crippen molar-refractivity contribution < 1.29 is 9.13 Å². The second-order valence-electron chi connectivity index (χ2n) is 6.64. The number of halogens is 2. The lowest BCUT2D eigenvalue weighted by atomic mass is 10.1. The summed E-state index contributed by atoms with van der Waals surface area (Å²) in [6, 6.07) is 6.55. The zero-order valence-electron chi connectivity index (χ0n) is 16.5. The van der Waals surface area contributed by atoms with Crippen molar-refractivity contribution in [2.24, 2.45) is 4.99 Å². The van der Waals surface area contributed by atoms with E-state index in [-0.39, 0.29) is 42.0 Å². The third-order valence-corrected chi connectivity index (χ3v) is 5.58. The number of hydrogen-bond donors (Lipinski definition) is 1. The quantitative estimate of drug-likeness (QED) is 0.363. The first kappa shape index (κ1) is 23.0. The minimum Gasteiger partial charge on any atom is -0.367 e. The van der Waals surface area contributed by atoms with E-state index >= 15 is 0 Å². The zero-order chi connectivity index (χ0) is 19.2. The highest BCUT2D eigenvalue weighted by Crippen LogP contribution is 2.25. The highest BCUT2D eigenvalue weighted by molar-refractivity contribution is 14.0. The number of guanidine groups is 1. The summed E-state index contributed by atoms with van der Waals surface area (Å²) in [5, 5.41) is 4.41. The number of rotatable bonds is 5. The standard InChI is InChI=1S/C20H27FN4OS.HI/c1-4-17-10-23-19(27-17)11-24-20(22-5-2)25-12-14(3)26-18(13-25)15-6-8-16(21)9-7-15;/h6-10,14,18H,4-5,11-13H2,1-3H3,(H,22,24);1H. The summed E-state index contributed by atoms with van der Waals surface area (Å²) < 4.78 is 19.3. The first-order valence-corrected chi connectivity index (χ1v) is 10.3. The maximum atomic E-state index is 13.2. The van der Waals surface area contributed by atoms with E-state index in [2.05, 4.69) is 36.0 Å². The van der Waals surface area contributed by atoms with Crippen molar-refractivity contribution in [2.75, 3.05) is 19.6 Å². The van der Waals surface area contributed by atoms with Crippen molar-refractivity contribution in [3.8, 4) is 0 Å². The SMILES string of the molecule is CCNC(=NCc1ncc(CC)s1)N1CC(C)OC(c2ccc(F)cc2)C1.I. The van der Waals surface area contributed by atoms with E-state index in [4.69, 9.17) is 9.73 Å². The Hall–Kier alpha value is -1.26. The van der Waals surface area contributed by atoms with Crippen LogP contribution in [0.2, 0.25) is 0 Å². The molecule has 2 unspecified atom stereocenters. The molecule has 2 aromatic rings. The minimum atomic E-state index is -0.232. The van der Waals surface area contributed by atoms with Gasteiger partial charge in [0.2, 0.25) is 0 Å². The number of nitrogens with one attached hydrogen (secondary N) is 1. The lowest BCUT2D eigenvalue weighted by molar-refractivity contribution is -0.0605. The average Bonchev–Trinajstić information content (AvgIpc) is 3.13. The molecule has 2 atom stereocenters. The van der Waals surface area contributed by atoms with E-state index in [9.17, 15) is 4.39 Å². The summed E-state index contributed by atoms with van der Waals surface area (Å²) in [6.07, 6.45) is 2.89. The number of ether oxygens (including phenoxy) is 1. The second-order valence-corrected chi connectivity index (χ2v) is 7.84. The van der Waals surface area contributed by atoms with E-state index in [1.807, 2.05) is 6.20 Å². The Kier molecular flexibility index (Phi) is 9.10. The number of hydrogen-bond acceptors (Lipinski definition) is 4. The van der Waals surface area contributed by atoms with Gasteiger partial charge in [0, 0.05) is 24.2 Å². The molecule has 0 amide bonds. The fourth-order valence-corrected chi connectivity index (χ4v) is 3.93. The molecule has 154 valence electrons. The van der Waals surface area contributed by atoms with Crippen molar-refractivity contribution in [2.45, 2.75) is 45.9 Å². The monoisotopic (exact) mass is 518 g/mol. The van der Waals surface area contributed by atoms with Crippen LogP contribution in [0.5, 0.6) is 0 Å². The van der Waals surface area contributed by atoms with Gasteiger partial charge in [-0.1, -0.05) is 19.1 Å². The van der Waals surface area contributed by atoms with Crippen LogP contribution in [-0.2, 0) is 17.7 Å². The number of morpholine rings is 1. The van der Waals surface area contributed by atoms with E-state index in [1.54, 1.807) is 23.5 Å². The van der Waals surface area contributed by atoms with E-state index in [0.717, 1.165) is 36.0 Å². The van der Waals surface area contributed by atoms with Crippen molar-refractivity contribution >= 4 is 41.3 Å². The molecule has 28 heavy (non-hydrogen) atoms. The van der Waals surface area contributed by atoms with E-state index < -0.39 is 0 Å². The normalized spacial score (nSPS) is 20.0. The molecule has 0 radical (unpaired) electrons. The molecular weight excluding hydrogens is 490 g/mol. The number of aryl methyl sites for hydroxylation is 1. The Morgan fingerprint density at radius 2 is 2.07 bits per heavy atom. The first-order chi connectivity index (χ1) is 13.1. The first-order valence-electron chi connectivity index (χ1n) is 9.46. The summed E-state index contributed by atoms with van der Waals surface area (Å²) in [6.45, 7) is 9.07. The molecule has 1 aliphatic rings. The van der Waals surface area contributed by atoms with Crippen LogP contribution in [0.4, 0.5) is 4.39 Å². The molecule has 1 saturated heterocycles. The fraction of sp³-hybridized carbons (Fsp3) is 0.500. The molecule has 0 bridgehead atoms. The molecule has 0 saturated carbocycles. The second kappa shape index (κ2) is 11.1. The highest BCUT2D eigenvalue weighted by atomic mass is 127. The van der Waals surface area contributed by atoms with Crippen LogP contribution in [0.15, 0.2) is 35.5 Å². The molecule has 8 heteroatoms. The molecule has 0 aliphatic carbocycles. The molecule has 0 spiro atoms. The van der Waals surface area contributed by atoms with Gasteiger partial charge in [-0.3, -0.25) is 0 Å². The number of aromatic nitrogens is 1. The third kappa shape index (κ3) is 6.12. The summed E-state index contributed by atoms with van der Waals surface area (Å²) in [5.41, 5.74) is 0.983. The van der Waals surface area contributed by atoms with Gasteiger partial charge in [0.05, 0.1) is 19.2 Å². The van der Waals surface area contributed by atoms with Crippen LogP contribution in [0, 0.1) is 5.82 Å². The van der Waals surface area contributed by atoms with Gasteiger partial charge in [-0.15, -0.1) is 35.3 Å². The molecular formula is C20H28FIN4OS. The molecule has 1 aliphatic heterocycles. The highest BCUT2D eigenvalue weighted by Gasteiger charge is 2.28. The van der Waals surface area contributed by atoms with Crippen molar-refractivity contribution in [1.29, 1.82) is 0 Å². The Labute approximate surface area is 187 Å². The summed E-state index contributed by atoms with van der Waals surface area (Å²) in [7, 11) is 0. The van der Waals surface area contributed by atoms with Gasteiger partial charge in [0.15, 0.2) is 5.96 Å². The summed E-state index contributed by atoms with van der Waals surface area (Å²) in [5.74, 6) is 0.636. The van der Waals surface area contributed by atoms with E-state index in [0.29, 0.717) is 13.1 Å². The Morgan fingerprint density at radius 3 is 2.71 bits per heavy atom. The Balaban J connectivity index is 0.00000280. The molecule has 3 rings (SSSR count). The molecule has 1 N–H and O–H groups in total. The number of nitrogens with zero attached hydrogens (tertiary/aromatic N) is 3. The van der Waals surface area contributed by atoms with Crippen LogP contribution >= 0.6 is 35.3 Å². The Bertz CT molecular complexity index is 768. The smallest absolute Gasteiger partial charge is 0.194 e. The fourth-order valence-electron chi connectivity index (χ4n) is 3.14. The van der Waals surface area contributed by atoms with Crippen LogP contribution in [0.25, 0.3) is 0 Å². The largest absolute Gasteiger partial charge is 0.367 e. The molecule has 1 aromatic heterocycles. The average molecular weight is 518 g/mol. The maximum Gasteiger partial charge on any atom is 0.194 e. The number of aliphatic imine (C=N–C) groups is 1.